The molecule has 2 amide bonds. The Bertz CT molecular complexity index is 556. The highest BCUT2D eigenvalue weighted by atomic mass is 35.5. The first-order valence-corrected chi connectivity index (χ1v) is 8.00. The Morgan fingerprint density at radius 1 is 1.48 bits per heavy atom. The summed E-state index contributed by atoms with van der Waals surface area (Å²) in [7, 11) is 0. The summed E-state index contributed by atoms with van der Waals surface area (Å²) in [5, 5.41) is 5.29. The number of carbonyl (C=O) groups is 2. The fraction of sp³-hybridized carbons (Fsp3) is 0.500. The van der Waals surface area contributed by atoms with Crippen LogP contribution in [0.3, 0.4) is 0 Å². The van der Waals surface area contributed by atoms with Crippen molar-refractivity contribution in [2.75, 3.05) is 19.8 Å². The van der Waals surface area contributed by atoms with E-state index < -0.39 is 11.7 Å². The smallest absolute Gasteiger partial charge is 0.256 e. The molecule has 7 heteroatoms. The molecule has 0 spiro atoms. The summed E-state index contributed by atoms with van der Waals surface area (Å²) in [4.78, 5) is 23.9. The minimum Gasteiger partial charge on any atom is -0.381 e. The van der Waals surface area contributed by atoms with Crippen LogP contribution in [0.25, 0.3) is 0 Å². The highest BCUT2D eigenvalue weighted by Gasteiger charge is 2.26. The van der Waals surface area contributed by atoms with Gasteiger partial charge in [0, 0.05) is 18.6 Å². The molecule has 1 aliphatic heterocycles. The van der Waals surface area contributed by atoms with Gasteiger partial charge < -0.3 is 15.4 Å². The number of amides is 2. The van der Waals surface area contributed by atoms with E-state index in [-0.39, 0.29) is 29.1 Å². The van der Waals surface area contributed by atoms with Gasteiger partial charge in [-0.25, -0.2) is 4.39 Å². The van der Waals surface area contributed by atoms with Gasteiger partial charge in [0.15, 0.2) is 0 Å². The molecule has 1 aromatic rings. The molecule has 0 unspecified atom stereocenters. The number of carbonyl (C=O) groups excluding carboxylic acids is 2. The van der Waals surface area contributed by atoms with Crippen molar-refractivity contribution in [1.82, 2.24) is 10.6 Å². The van der Waals surface area contributed by atoms with Crippen LogP contribution in [-0.4, -0.2) is 37.6 Å². The van der Waals surface area contributed by atoms with E-state index in [1.165, 1.54) is 12.1 Å². The third-order valence-electron chi connectivity index (χ3n) is 3.92. The first kappa shape index (κ1) is 17.7. The first-order valence-electron chi connectivity index (χ1n) is 7.62. The molecule has 0 saturated carbocycles. The Labute approximate surface area is 139 Å². The van der Waals surface area contributed by atoms with Gasteiger partial charge in [0.2, 0.25) is 5.91 Å². The van der Waals surface area contributed by atoms with E-state index in [9.17, 15) is 14.0 Å². The maximum absolute atomic E-state index is 13.6. The number of nitrogens with one attached hydrogen (secondary N) is 2. The van der Waals surface area contributed by atoms with Crippen molar-refractivity contribution in [3.8, 4) is 0 Å². The molecule has 0 radical (unpaired) electrons. The molecule has 2 rings (SSSR count). The predicted octanol–water partition coefficient (Wildman–Crippen LogP) is 2.14. The highest BCUT2D eigenvalue weighted by molar-refractivity contribution is 6.33. The molecule has 0 bridgehead atoms. The Balaban J connectivity index is 1.87. The molecular formula is C16H20ClFN2O3. The third kappa shape index (κ3) is 4.65. The van der Waals surface area contributed by atoms with Gasteiger partial charge in [-0.05, 0) is 25.0 Å². The third-order valence-corrected chi connectivity index (χ3v) is 4.23. The van der Waals surface area contributed by atoms with Crippen molar-refractivity contribution >= 4 is 23.4 Å². The maximum Gasteiger partial charge on any atom is 0.256 e. The predicted molar refractivity (Wildman–Crippen MR) is 84.9 cm³/mol. The summed E-state index contributed by atoms with van der Waals surface area (Å²) in [5.74, 6) is -1.45. The van der Waals surface area contributed by atoms with Gasteiger partial charge in [0.05, 0.1) is 23.7 Å². The standard InChI is InChI=1S/C16H20ClFN2O3/c1-2-13(10-6-7-23-9-10)20-14(21)8-19-16(22)15-11(17)4-3-5-12(15)18/h3-5,10,13H,2,6-9H2,1H3,(H,19,22)(H,20,21)/t10-,13+/m1/s1. The molecule has 5 nitrogen and oxygen atoms in total. The molecule has 1 aromatic carbocycles. The SMILES string of the molecule is CC[C@H](NC(=O)CNC(=O)c1c(F)cccc1Cl)[C@@H]1CCOC1. The zero-order valence-electron chi connectivity index (χ0n) is 12.9. The maximum atomic E-state index is 13.6. The van der Waals surface area contributed by atoms with Gasteiger partial charge in [-0.3, -0.25) is 9.59 Å². The monoisotopic (exact) mass is 342 g/mol. The van der Waals surface area contributed by atoms with Gasteiger partial charge in [-0.1, -0.05) is 24.6 Å². The van der Waals surface area contributed by atoms with Crippen molar-refractivity contribution in [2.45, 2.75) is 25.8 Å². The fourth-order valence-electron chi connectivity index (χ4n) is 2.64. The zero-order chi connectivity index (χ0) is 16.8. The van der Waals surface area contributed by atoms with Crippen LogP contribution >= 0.6 is 11.6 Å². The fourth-order valence-corrected chi connectivity index (χ4v) is 2.89. The van der Waals surface area contributed by atoms with Gasteiger partial charge >= 0.3 is 0 Å². The molecule has 1 saturated heterocycles. The molecule has 23 heavy (non-hydrogen) atoms. The van der Waals surface area contributed by atoms with Crippen molar-refractivity contribution in [3.05, 3.63) is 34.6 Å². The molecule has 1 fully saturated rings. The molecule has 2 N–H and O–H groups in total. The number of rotatable bonds is 6. The lowest BCUT2D eigenvalue weighted by Gasteiger charge is -2.22. The van der Waals surface area contributed by atoms with E-state index in [0.29, 0.717) is 19.1 Å². The summed E-state index contributed by atoms with van der Waals surface area (Å²) < 4.78 is 19.0. The summed E-state index contributed by atoms with van der Waals surface area (Å²) >= 11 is 5.82. The number of ether oxygens (including phenoxy) is 1. The Morgan fingerprint density at radius 2 is 2.26 bits per heavy atom. The quantitative estimate of drug-likeness (QED) is 0.832. The number of benzene rings is 1. The minimum absolute atomic E-state index is 0.0115. The summed E-state index contributed by atoms with van der Waals surface area (Å²) in [6.07, 6.45) is 1.70. The second-order valence-electron chi connectivity index (χ2n) is 5.49. The van der Waals surface area contributed by atoms with Crippen molar-refractivity contribution < 1.29 is 18.7 Å². The number of hydrogen-bond acceptors (Lipinski definition) is 3. The first-order chi connectivity index (χ1) is 11.0. The molecular weight excluding hydrogens is 323 g/mol. The average Bonchev–Trinajstić information content (AvgIpc) is 3.04. The number of hydrogen-bond donors (Lipinski definition) is 2. The lowest BCUT2D eigenvalue weighted by Crippen LogP contribution is -2.45. The van der Waals surface area contributed by atoms with Crippen LogP contribution in [0.15, 0.2) is 18.2 Å². The average molecular weight is 343 g/mol. The van der Waals surface area contributed by atoms with E-state index in [4.69, 9.17) is 16.3 Å². The Morgan fingerprint density at radius 3 is 2.87 bits per heavy atom. The van der Waals surface area contributed by atoms with E-state index in [1.807, 2.05) is 6.92 Å². The normalized spacial score (nSPS) is 18.5. The van der Waals surface area contributed by atoms with Crippen molar-refractivity contribution in [1.29, 1.82) is 0 Å². The van der Waals surface area contributed by atoms with Crippen LogP contribution in [-0.2, 0) is 9.53 Å². The van der Waals surface area contributed by atoms with Crippen LogP contribution in [0.2, 0.25) is 5.02 Å². The second-order valence-corrected chi connectivity index (χ2v) is 5.89. The van der Waals surface area contributed by atoms with Crippen LogP contribution in [0.4, 0.5) is 4.39 Å². The topological polar surface area (TPSA) is 67.4 Å². The van der Waals surface area contributed by atoms with Gasteiger partial charge in [-0.15, -0.1) is 0 Å². The van der Waals surface area contributed by atoms with Gasteiger partial charge in [0.1, 0.15) is 5.82 Å². The van der Waals surface area contributed by atoms with Crippen molar-refractivity contribution in [3.63, 3.8) is 0 Å². The summed E-state index contributed by atoms with van der Waals surface area (Å²) in [6, 6.07) is 4.00. The van der Waals surface area contributed by atoms with Gasteiger partial charge in [-0.2, -0.15) is 0 Å². The second kappa shape index (κ2) is 8.26. The van der Waals surface area contributed by atoms with Crippen LogP contribution in [0.5, 0.6) is 0 Å². The van der Waals surface area contributed by atoms with E-state index in [0.717, 1.165) is 18.9 Å². The van der Waals surface area contributed by atoms with Crippen LogP contribution in [0, 0.1) is 11.7 Å². The Hall–Kier alpha value is -1.66. The van der Waals surface area contributed by atoms with Crippen molar-refractivity contribution in [2.24, 2.45) is 5.92 Å². The zero-order valence-corrected chi connectivity index (χ0v) is 13.7. The molecule has 0 aromatic heterocycles. The lowest BCUT2D eigenvalue weighted by molar-refractivity contribution is -0.121. The number of halogens is 2. The van der Waals surface area contributed by atoms with Gasteiger partial charge in [0.25, 0.3) is 5.91 Å². The lowest BCUT2D eigenvalue weighted by atomic mass is 9.97. The van der Waals surface area contributed by atoms with E-state index >= 15 is 0 Å². The Kier molecular flexibility index (Phi) is 6.36. The largest absolute Gasteiger partial charge is 0.381 e. The van der Waals surface area contributed by atoms with Crippen LogP contribution < -0.4 is 10.6 Å². The molecule has 0 aliphatic carbocycles. The minimum atomic E-state index is -0.718. The summed E-state index contributed by atoms with van der Waals surface area (Å²) in [5.41, 5.74) is -0.252. The highest BCUT2D eigenvalue weighted by Crippen LogP contribution is 2.19. The molecule has 1 heterocycles. The molecule has 126 valence electrons. The van der Waals surface area contributed by atoms with Crippen LogP contribution in [0.1, 0.15) is 30.1 Å². The van der Waals surface area contributed by atoms with E-state index in [1.54, 1.807) is 0 Å². The molecule has 1 aliphatic rings. The summed E-state index contributed by atoms with van der Waals surface area (Å²) in [6.45, 7) is 3.10. The van der Waals surface area contributed by atoms with E-state index in [2.05, 4.69) is 10.6 Å². The molecule has 2 atom stereocenters.